The molecular formula is C16H15ClO. The third-order valence-corrected chi connectivity index (χ3v) is 3.18. The van der Waals surface area contributed by atoms with Gasteiger partial charge >= 0.3 is 0 Å². The molecule has 0 amide bonds. The molecule has 0 aliphatic heterocycles. The summed E-state index contributed by atoms with van der Waals surface area (Å²) in [5.41, 5.74) is 3.10. The molecule has 0 radical (unpaired) electrons. The van der Waals surface area contributed by atoms with Crippen molar-refractivity contribution >= 4 is 17.4 Å². The maximum atomic E-state index is 12.0. The third-order valence-electron chi connectivity index (χ3n) is 2.93. The Bertz CT molecular complexity index is 526. The summed E-state index contributed by atoms with van der Waals surface area (Å²) in [6.07, 6.45) is 1.29. The maximum absolute atomic E-state index is 12.0. The molecule has 0 unspecified atom stereocenters. The van der Waals surface area contributed by atoms with Crippen molar-refractivity contribution in [1.82, 2.24) is 0 Å². The third kappa shape index (κ3) is 3.44. The predicted octanol–water partition coefficient (Wildman–Crippen LogP) is 4.46. The van der Waals surface area contributed by atoms with Gasteiger partial charge in [0.15, 0.2) is 5.78 Å². The summed E-state index contributed by atoms with van der Waals surface area (Å²) in [7, 11) is 0. The molecule has 0 heterocycles. The highest BCUT2D eigenvalue weighted by atomic mass is 35.5. The SMILES string of the molecule is Cc1ccc(C(=O)CCc2ccc(Cl)cc2)cc1. The Morgan fingerprint density at radius 1 is 1.00 bits per heavy atom. The van der Waals surface area contributed by atoms with Crippen molar-refractivity contribution in [1.29, 1.82) is 0 Å². The van der Waals surface area contributed by atoms with Gasteiger partial charge in [-0.1, -0.05) is 53.6 Å². The van der Waals surface area contributed by atoms with E-state index in [9.17, 15) is 4.79 Å². The lowest BCUT2D eigenvalue weighted by Crippen LogP contribution is -2.01. The van der Waals surface area contributed by atoms with E-state index in [2.05, 4.69) is 0 Å². The zero-order valence-electron chi connectivity index (χ0n) is 10.3. The Balaban J connectivity index is 1.96. The molecule has 18 heavy (non-hydrogen) atoms. The number of halogens is 1. The van der Waals surface area contributed by atoms with Crippen LogP contribution in [0.15, 0.2) is 48.5 Å². The molecule has 0 atom stereocenters. The Hall–Kier alpha value is -1.60. The van der Waals surface area contributed by atoms with E-state index >= 15 is 0 Å². The first-order valence-corrected chi connectivity index (χ1v) is 6.37. The number of rotatable bonds is 4. The van der Waals surface area contributed by atoms with Crippen LogP contribution in [-0.4, -0.2) is 5.78 Å². The second-order valence-electron chi connectivity index (χ2n) is 4.42. The molecule has 0 saturated heterocycles. The molecule has 2 aromatic rings. The molecule has 2 heteroatoms. The van der Waals surface area contributed by atoms with Crippen LogP contribution >= 0.6 is 11.6 Å². The molecule has 1 nitrogen and oxygen atoms in total. The zero-order valence-corrected chi connectivity index (χ0v) is 11.1. The molecule has 0 saturated carbocycles. The Kier molecular flexibility index (Phi) is 4.16. The molecule has 0 aliphatic rings. The lowest BCUT2D eigenvalue weighted by Gasteiger charge is -2.02. The van der Waals surface area contributed by atoms with Crippen molar-refractivity contribution in [2.24, 2.45) is 0 Å². The van der Waals surface area contributed by atoms with Gasteiger partial charge in [0.2, 0.25) is 0 Å². The molecule has 0 spiro atoms. The van der Waals surface area contributed by atoms with Gasteiger partial charge < -0.3 is 0 Å². The minimum absolute atomic E-state index is 0.185. The fourth-order valence-electron chi connectivity index (χ4n) is 1.79. The van der Waals surface area contributed by atoms with E-state index in [1.54, 1.807) is 0 Å². The van der Waals surface area contributed by atoms with Crippen molar-refractivity contribution in [3.63, 3.8) is 0 Å². The number of carbonyl (C=O) groups excluding carboxylic acids is 1. The fourth-order valence-corrected chi connectivity index (χ4v) is 1.92. The number of benzene rings is 2. The summed E-state index contributed by atoms with van der Waals surface area (Å²) in [5, 5.41) is 0.726. The monoisotopic (exact) mass is 258 g/mol. The summed E-state index contributed by atoms with van der Waals surface area (Å²) < 4.78 is 0. The number of hydrogen-bond acceptors (Lipinski definition) is 1. The van der Waals surface area contributed by atoms with Gasteiger partial charge in [-0.3, -0.25) is 4.79 Å². The summed E-state index contributed by atoms with van der Waals surface area (Å²) in [6, 6.07) is 15.3. The molecule has 0 aliphatic carbocycles. The Labute approximate surface area is 112 Å². The predicted molar refractivity (Wildman–Crippen MR) is 75.3 cm³/mol. The quantitative estimate of drug-likeness (QED) is 0.740. The molecule has 0 fully saturated rings. The molecule has 0 aromatic heterocycles. The molecule has 0 N–H and O–H groups in total. The van der Waals surface area contributed by atoms with Gasteiger partial charge in [0.1, 0.15) is 0 Å². The van der Waals surface area contributed by atoms with E-state index in [4.69, 9.17) is 11.6 Å². The normalized spacial score (nSPS) is 10.3. The first-order chi connectivity index (χ1) is 8.65. The van der Waals surface area contributed by atoms with Crippen LogP contribution in [0.5, 0.6) is 0 Å². The zero-order chi connectivity index (χ0) is 13.0. The fraction of sp³-hybridized carbons (Fsp3) is 0.188. The summed E-state index contributed by atoms with van der Waals surface area (Å²) >= 11 is 5.82. The van der Waals surface area contributed by atoms with Crippen molar-refractivity contribution in [2.45, 2.75) is 19.8 Å². The van der Waals surface area contributed by atoms with Gasteiger partial charge in [0.25, 0.3) is 0 Å². The second-order valence-corrected chi connectivity index (χ2v) is 4.85. The van der Waals surface area contributed by atoms with Crippen LogP contribution in [0.1, 0.15) is 27.9 Å². The molecule has 2 aromatic carbocycles. The molecule has 2 rings (SSSR count). The van der Waals surface area contributed by atoms with Crippen LogP contribution in [0.4, 0.5) is 0 Å². The van der Waals surface area contributed by atoms with Gasteiger partial charge in [0, 0.05) is 17.0 Å². The van der Waals surface area contributed by atoms with Crippen molar-refractivity contribution in [3.05, 3.63) is 70.2 Å². The van der Waals surface area contributed by atoms with Crippen LogP contribution in [0.2, 0.25) is 5.02 Å². The highest BCUT2D eigenvalue weighted by Gasteiger charge is 2.05. The van der Waals surface area contributed by atoms with Crippen LogP contribution in [0, 0.1) is 6.92 Å². The lowest BCUT2D eigenvalue weighted by atomic mass is 10.0. The lowest BCUT2D eigenvalue weighted by molar-refractivity contribution is 0.0983. The number of aryl methyl sites for hydroxylation is 2. The van der Waals surface area contributed by atoms with E-state index in [1.165, 1.54) is 5.56 Å². The standard InChI is InChI=1S/C16H15ClO/c1-12-2-7-14(8-3-12)16(18)11-6-13-4-9-15(17)10-5-13/h2-5,7-10H,6,11H2,1H3. The topological polar surface area (TPSA) is 17.1 Å². The van der Waals surface area contributed by atoms with Gasteiger partial charge in [-0.25, -0.2) is 0 Å². The average molecular weight is 259 g/mol. The van der Waals surface area contributed by atoms with Gasteiger partial charge in [-0.05, 0) is 31.0 Å². The first-order valence-electron chi connectivity index (χ1n) is 5.99. The number of ketones is 1. The van der Waals surface area contributed by atoms with Crippen LogP contribution in [-0.2, 0) is 6.42 Å². The largest absolute Gasteiger partial charge is 0.294 e. The number of hydrogen-bond donors (Lipinski definition) is 0. The van der Waals surface area contributed by atoms with Crippen LogP contribution in [0.25, 0.3) is 0 Å². The summed E-state index contributed by atoms with van der Waals surface area (Å²) in [5.74, 6) is 0.185. The van der Waals surface area contributed by atoms with Crippen LogP contribution < -0.4 is 0 Å². The Morgan fingerprint density at radius 2 is 1.61 bits per heavy atom. The first kappa shape index (κ1) is 12.8. The van der Waals surface area contributed by atoms with Crippen molar-refractivity contribution < 1.29 is 4.79 Å². The number of Topliss-reactive ketones (excluding diaryl/α,β-unsaturated/α-hetero) is 1. The number of carbonyl (C=O) groups is 1. The maximum Gasteiger partial charge on any atom is 0.163 e. The van der Waals surface area contributed by atoms with E-state index in [1.807, 2.05) is 55.5 Å². The van der Waals surface area contributed by atoms with E-state index in [0.29, 0.717) is 6.42 Å². The van der Waals surface area contributed by atoms with Crippen LogP contribution in [0.3, 0.4) is 0 Å². The van der Waals surface area contributed by atoms with Gasteiger partial charge in [-0.2, -0.15) is 0 Å². The van der Waals surface area contributed by atoms with Crippen molar-refractivity contribution in [2.75, 3.05) is 0 Å². The van der Waals surface area contributed by atoms with Gasteiger partial charge in [-0.15, -0.1) is 0 Å². The molecule has 92 valence electrons. The van der Waals surface area contributed by atoms with E-state index < -0.39 is 0 Å². The minimum Gasteiger partial charge on any atom is -0.294 e. The minimum atomic E-state index is 0.185. The summed E-state index contributed by atoms with van der Waals surface area (Å²) in [6.45, 7) is 2.02. The van der Waals surface area contributed by atoms with Crippen molar-refractivity contribution in [3.8, 4) is 0 Å². The molecular weight excluding hydrogens is 244 g/mol. The summed E-state index contributed by atoms with van der Waals surface area (Å²) in [4.78, 5) is 12.0. The van der Waals surface area contributed by atoms with E-state index in [-0.39, 0.29) is 5.78 Å². The second kappa shape index (κ2) is 5.83. The highest BCUT2D eigenvalue weighted by molar-refractivity contribution is 6.30. The molecule has 0 bridgehead atoms. The Morgan fingerprint density at radius 3 is 2.22 bits per heavy atom. The average Bonchev–Trinajstić information content (AvgIpc) is 2.38. The van der Waals surface area contributed by atoms with E-state index in [0.717, 1.165) is 22.6 Å². The smallest absolute Gasteiger partial charge is 0.163 e. The highest BCUT2D eigenvalue weighted by Crippen LogP contribution is 2.13. The van der Waals surface area contributed by atoms with Gasteiger partial charge in [0.05, 0.1) is 0 Å².